The molecule has 0 unspecified atom stereocenters. The lowest BCUT2D eigenvalue weighted by atomic mass is 10.1. The van der Waals surface area contributed by atoms with Crippen molar-refractivity contribution >= 4 is 39.6 Å². The number of fused-ring (bicyclic) bond motifs is 1. The number of Topliss-reactive ketones (excluding diaryl/α,β-unsaturated/α-hetero) is 1. The van der Waals surface area contributed by atoms with Gasteiger partial charge in [-0.3, -0.25) is 25.0 Å². The molecule has 0 aliphatic rings. The number of benzene rings is 2. The molecule has 0 amide bonds. The number of anilines is 2. The highest BCUT2D eigenvalue weighted by Crippen LogP contribution is 2.41. The first-order valence-electron chi connectivity index (χ1n) is 7.48. The SMILES string of the molecule is CC(=O)c1ccc(Nc2c([N+](=O)[O-])cc3[nH]c(C)nc3c2[N+](=O)[O-])cc1. The lowest BCUT2D eigenvalue weighted by molar-refractivity contribution is -0.391. The number of hydrogen-bond acceptors (Lipinski definition) is 7. The minimum atomic E-state index is -0.706. The molecular weight excluding hydrogens is 342 g/mol. The third kappa shape index (κ3) is 2.95. The van der Waals surface area contributed by atoms with E-state index in [1.54, 1.807) is 6.92 Å². The van der Waals surface area contributed by atoms with Crippen molar-refractivity contribution in [2.24, 2.45) is 0 Å². The quantitative estimate of drug-likeness (QED) is 0.404. The van der Waals surface area contributed by atoms with E-state index >= 15 is 0 Å². The van der Waals surface area contributed by atoms with Gasteiger partial charge in [0.1, 0.15) is 5.82 Å². The van der Waals surface area contributed by atoms with E-state index < -0.39 is 21.2 Å². The average molecular weight is 355 g/mol. The summed E-state index contributed by atoms with van der Waals surface area (Å²) >= 11 is 0. The Morgan fingerprint density at radius 2 is 1.81 bits per heavy atom. The highest BCUT2D eigenvalue weighted by Gasteiger charge is 2.31. The second kappa shape index (κ2) is 6.24. The van der Waals surface area contributed by atoms with Crippen LogP contribution in [-0.4, -0.2) is 25.6 Å². The van der Waals surface area contributed by atoms with Gasteiger partial charge in [-0.25, -0.2) is 4.98 Å². The van der Waals surface area contributed by atoms with Gasteiger partial charge in [-0.2, -0.15) is 0 Å². The fraction of sp³-hybridized carbons (Fsp3) is 0.125. The summed E-state index contributed by atoms with van der Waals surface area (Å²) in [5.41, 5.74) is -0.155. The van der Waals surface area contributed by atoms with Crippen LogP contribution >= 0.6 is 0 Å². The van der Waals surface area contributed by atoms with Gasteiger partial charge in [0.05, 0.1) is 15.4 Å². The van der Waals surface area contributed by atoms with E-state index in [2.05, 4.69) is 15.3 Å². The van der Waals surface area contributed by atoms with E-state index in [4.69, 9.17) is 0 Å². The molecule has 0 aliphatic heterocycles. The summed E-state index contributed by atoms with van der Waals surface area (Å²) in [4.78, 5) is 39.8. The van der Waals surface area contributed by atoms with Crippen LogP contribution < -0.4 is 5.32 Å². The third-order valence-electron chi connectivity index (χ3n) is 3.79. The molecule has 0 atom stereocenters. The number of rotatable bonds is 5. The number of aromatic nitrogens is 2. The molecule has 2 aromatic carbocycles. The standard InChI is InChI=1S/C16H13N5O5/c1-8(22)10-3-5-11(6-4-10)19-15-13(20(23)24)7-12-14(16(15)21(25)26)18-9(2)17-12/h3-7,19H,1-2H3,(H,17,18). The van der Waals surface area contributed by atoms with Gasteiger partial charge in [-0.1, -0.05) is 0 Å². The van der Waals surface area contributed by atoms with Crippen molar-refractivity contribution in [3.05, 3.63) is 61.9 Å². The topological polar surface area (TPSA) is 144 Å². The summed E-state index contributed by atoms with van der Waals surface area (Å²) in [6.45, 7) is 3.01. The number of imidazole rings is 1. The van der Waals surface area contributed by atoms with Crippen LogP contribution in [0.15, 0.2) is 30.3 Å². The van der Waals surface area contributed by atoms with E-state index in [0.29, 0.717) is 17.1 Å². The number of carbonyl (C=O) groups excluding carboxylic acids is 1. The Labute approximate surface area is 146 Å². The van der Waals surface area contributed by atoms with Crippen molar-refractivity contribution in [1.29, 1.82) is 0 Å². The van der Waals surface area contributed by atoms with Crippen molar-refractivity contribution < 1.29 is 14.6 Å². The Bertz CT molecular complexity index is 1060. The number of nitrogens with zero attached hydrogens (tertiary/aromatic N) is 3. The molecule has 10 heteroatoms. The number of ketones is 1. The number of hydrogen-bond donors (Lipinski definition) is 2. The van der Waals surface area contributed by atoms with Crippen LogP contribution in [0.4, 0.5) is 22.7 Å². The molecule has 0 spiro atoms. The largest absolute Gasteiger partial charge is 0.344 e. The van der Waals surface area contributed by atoms with Gasteiger partial charge in [0.15, 0.2) is 17.0 Å². The summed E-state index contributed by atoms with van der Waals surface area (Å²) < 4.78 is 0. The molecule has 0 aliphatic carbocycles. The molecule has 26 heavy (non-hydrogen) atoms. The molecule has 2 N–H and O–H groups in total. The molecule has 10 nitrogen and oxygen atoms in total. The van der Waals surface area contributed by atoms with Crippen LogP contribution in [0, 0.1) is 27.2 Å². The van der Waals surface area contributed by atoms with E-state index in [0.717, 1.165) is 0 Å². The van der Waals surface area contributed by atoms with Gasteiger partial charge < -0.3 is 10.3 Å². The van der Waals surface area contributed by atoms with Crippen molar-refractivity contribution in [3.63, 3.8) is 0 Å². The predicted octanol–water partition coefficient (Wildman–Crippen LogP) is 3.63. The fourth-order valence-corrected chi connectivity index (χ4v) is 2.62. The normalized spacial score (nSPS) is 10.7. The Morgan fingerprint density at radius 3 is 2.35 bits per heavy atom. The van der Waals surface area contributed by atoms with Crippen molar-refractivity contribution in [2.45, 2.75) is 13.8 Å². The van der Waals surface area contributed by atoms with E-state index in [1.165, 1.54) is 37.3 Å². The second-order valence-electron chi connectivity index (χ2n) is 5.61. The number of aryl methyl sites for hydroxylation is 1. The molecular formula is C16H13N5O5. The average Bonchev–Trinajstić information content (AvgIpc) is 2.93. The molecule has 1 aromatic heterocycles. The molecule has 1 heterocycles. The Morgan fingerprint density at radius 1 is 1.15 bits per heavy atom. The molecule has 0 saturated heterocycles. The minimum absolute atomic E-state index is 0.0287. The number of carbonyl (C=O) groups is 1. The molecule has 0 radical (unpaired) electrons. The van der Waals surface area contributed by atoms with Gasteiger partial charge in [0.25, 0.3) is 0 Å². The Kier molecular flexibility index (Phi) is 4.08. The van der Waals surface area contributed by atoms with E-state index in [9.17, 15) is 25.0 Å². The Hall–Kier alpha value is -3.82. The van der Waals surface area contributed by atoms with Gasteiger partial charge in [-0.05, 0) is 38.1 Å². The minimum Gasteiger partial charge on any atom is -0.344 e. The summed E-state index contributed by atoms with van der Waals surface area (Å²) in [6.07, 6.45) is 0. The summed E-state index contributed by atoms with van der Waals surface area (Å²) in [7, 11) is 0. The van der Waals surface area contributed by atoms with Gasteiger partial charge in [0, 0.05) is 17.3 Å². The summed E-state index contributed by atoms with van der Waals surface area (Å²) in [6, 6.07) is 7.29. The highest BCUT2D eigenvalue weighted by atomic mass is 16.6. The Balaban J connectivity index is 2.20. The van der Waals surface area contributed by atoms with Gasteiger partial charge in [0.2, 0.25) is 0 Å². The molecule has 0 saturated carbocycles. The van der Waals surface area contributed by atoms with Crippen LogP contribution in [-0.2, 0) is 0 Å². The lowest BCUT2D eigenvalue weighted by Crippen LogP contribution is -2.03. The number of nitro groups is 2. The molecule has 0 bridgehead atoms. The van der Waals surface area contributed by atoms with Crippen molar-refractivity contribution in [2.75, 3.05) is 5.32 Å². The van der Waals surface area contributed by atoms with E-state index in [-0.39, 0.29) is 22.5 Å². The fourth-order valence-electron chi connectivity index (χ4n) is 2.62. The first-order valence-corrected chi connectivity index (χ1v) is 7.48. The summed E-state index contributed by atoms with van der Waals surface area (Å²) in [5.74, 6) is 0.266. The van der Waals surface area contributed by atoms with Crippen LogP contribution in [0.25, 0.3) is 11.0 Å². The van der Waals surface area contributed by atoms with Crippen molar-refractivity contribution in [1.82, 2.24) is 9.97 Å². The summed E-state index contributed by atoms with van der Waals surface area (Å²) in [5, 5.41) is 25.8. The molecule has 132 valence electrons. The lowest BCUT2D eigenvalue weighted by Gasteiger charge is -2.09. The van der Waals surface area contributed by atoms with Crippen LogP contribution in [0.3, 0.4) is 0 Å². The first-order chi connectivity index (χ1) is 12.3. The zero-order valence-electron chi connectivity index (χ0n) is 13.8. The van der Waals surface area contributed by atoms with Crippen LogP contribution in [0.1, 0.15) is 23.1 Å². The van der Waals surface area contributed by atoms with Crippen LogP contribution in [0.2, 0.25) is 0 Å². The number of aromatic amines is 1. The van der Waals surface area contributed by atoms with E-state index in [1.807, 2.05) is 0 Å². The van der Waals surface area contributed by atoms with Gasteiger partial charge >= 0.3 is 11.4 Å². The number of nitrogens with one attached hydrogen (secondary N) is 2. The number of H-pyrrole nitrogens is 1. The third-order valence-corrected chi connectivity index (χ3v) is 3.79. The van der Waals surface area contributed by atoms with Gasteiger partial charge in [-0.15, -0.1) is 0 Å². The highest BCUT2D eigenvalue weighted by molar-refractivity contribution is 5.98. The maximum atomic E-state index is 11.6. The predicted molar refractivity (Wildman–Crippen MR) is 93.9 cm³/mol. The zero-order chi connectivity index (χ0) is 19.0. The van der Waals surface area contributed by atoms with Crippen molar-refractivity contribution in [3.8, 4) is 0 Å². The molecule has 3 aromatic rings. The van der Waals surface area contributed by atoms with Crippen LogP contribution in [0.5, 0.6) is 0 Å². The maximum absolute atomic E-state index is 11.6. The monoisotopic (exact) mass is 355 g/mol. The molecule has 0 fully saturated rings. The smallest absolute Gasteiger partial charge is 0.327 e. The number of nitro benzene ring substituents is 2. The first kappa shape index (κ1) is 17.0. The molecule has 3 rings (SSSR count). The second-order valence-corrected chi connectivity index (χ2v) is 5.61. The maximum Gasteiger partial charge on any atom is 0.327 e. The zero-order valence-corrected chi connectivity index (χ0v) is 13.8.